The molecule has 0 fully saturated rings. The molecular weight excluding hydrogens is 124 g/mol. The van der Waals surface area contributed by atoms with Crippen LogP contribution in [0.4, 0.5) is 0 Å². The third-order valence-electron chi connectivity index (χ3n) is 1.03. The first kappa shape index (κ1) is 8.84. The molecule has 0 saturated carbocycles. The first-order valence-corrected chi connectivity index (χ1v) is 2.71. The van der Waals surface area contributed by atoms with Crippen molar-refractivity contribution in [1.29, 1.82) is 0 Å². The quantitative estimate of drug-likeness (QED) is 0.353. The molecule has 4 N–H and O–H groups in total. The van der Waals surface area contributed by atoms with Crippen molar-refractivity contribution in [2.45, 2.75) is 25.9 Å². The van der Waals surface area contributed by atoms with E-state index in [1.165, 1.54) is 0 Å². The Kier molecular flexibility index (Phi) is 2.57. The van der Waals surface area contributed by atoms with Gasteiger partial charge in [-0.1, -0.05) is 13.8 Å². The molecule has 1 unspecified atom stereocenters. The lowest BCUT2D eigenvalue weighted by molar-refractivity contribution is -0.361. The van der Waals surface area contributed by atoms with Crippen LogP contribution in [0.3, 0.4) is 0 Å². The highest BCUT2D eigenvalue weighted by atomic mass is 16.7. The van der Waals surface area contributed by atoms with Crippen molar-refractivity contribution in [3.05, 3.63) is 0 Å². The lowest BCUT2D eigenvalue weighted by Gasteiger charge is -2.23. The van der Waals surface area contributed by atoms with E-state index in [1.54, 1.807) is 13.8 Å². The smallest absolute Gasteiger partial charge is 0.303 e. The second kappa shape index (κ2) is 2.62. The Morgan fingerprint density at radius 3 is 1.44 bits per heavy atom. The zero-order valence-corrected chi connectivity index (χ0v) is 5.44. The summed E-state index contributed by atoms with van der Waals surface area (Å²) in [5, 5.41) is 33.7. The molecule has 4 heteroatoms. The van der Waals surface area contributed by atoms with Crippen LogP contribution in [-0.4, -0.2) is 32.5 Å². The van der Waals surface area contributed by atoms with Crippen LogP contribution in [-0.2, 0) is 0 Å². The van der Waals surface area contributed by atoms with Crippen LogP contribution in [0.5, 0.6) is 0 Å². The molecule has 0 radical (unpaired) electrons. The topological polar surface area (TPSA) is 80.9 Å². The second-order valence-electron chi connectivity index (χ2n) is 2.38. The minimum atomic E-state index is -2.96. The lowest BCUT2D eigenvalue weighted by Crippen LogP contribution is -2.44. The molecule has 0 saturated heterocycles. The van der Waals surface area contributed by atoms with E-state index >= 15 is 0 Å². The van der Waals surface area contributed by atoms with Gasteiger partial charge in [-0.25, -0.2) is 0 Å². The fraction of sp³-hybridized carbons (Fsp3) is 1.00. The van der Waals surface area contributed by atoms with E-state index in [-0.39, 0.29) is 5.92 Å². The first-order chi connectivity index (χ1) is 3.85. The fourth-order valence-electron chi connectivity index (χ4n) is 0.447. The minimum Gasteiger partial charge on any atom is -0.384 e. The zero-order valence-electron chi connectivity index (χ0n) is 5.44. The molecule has 0 rings (SSSR count). The average Bonchev–Trinajstić information content (AvgIpc) is 1.62. The molecule has 0 aromatic carbocycles. The molecular formula is C5H12O4. The summed E-state index contributed by atoms with van der Waals surface area (Å²) in [5.74, 6) is -3.35. The molecule has 0 aliphatic rings. The summed E-state index contributed by atoms with van der Waals surface area (Å²) in [6.45, 7) is 3.12. The van der Waals surface area contributed by atoms with Gasteiger partial charge in [0, 0.05) is 0 Å². The van der Waals surface area contributed by atoms with Gasteiger partial charge in [-0.15, -0.1) is 0 Å². The molecule has 0 amide bonds. The van der Waals surface area contributed by atoms with Crippen molar-refractivity contribution in [1.82, 2.24) is 0 Å². The fourth-order valence-corrected chi connectivity index (χ4v) is 0.447. The van der Waals surface area contributed by atoms with Gasteiger partial charge in [0.05, 0.1) is 0 Å². The van der Waals surface area contributed by atoms with E-state index in [0.29, 0.717) is 0 Å². The Hall–Kier alpha value is -0.160. The number of aliphatic hydroxyl groups is 4. The predicted octanol–water partition coefficient (Wildman–Crippen LogP) is -1.37. The van der Waals surface area contributed by atoms with Gasteiger partial charge in [-0.3, -0.25) is 0 Å². The molecule has 0 aliphatic heterocycles. The summed E-state index contributed by atoms with van der Waals surface area (Å²) in [6.07, 6.45) is -1.52. The van der Waals surface area contributed by atoms with Gasteiger partial charge in [0.2, 0.25) is 0 Å². The lowest BCUT2D eigenvalue weighted by atomic mass is 10.1. The first-order valence-electron chi connectivity index (χ1n) is 2.71. The summed E-state index contributed by atoms with van der Waals surface area (Å²) >= 11 is 0. The third-order valence-corrected chi connectivity index (χ3v) is 1.03. The summed E-state index contributed by atoms with van der Waals surface area (Å²) in [5.41, 5.74) is 0. The van der Waals surface area contributed by atoms with Gasteiger partial charge in [0.25, 0.3) is 0 Å². The number of hydrogen-bond acceptors (Lipinski definition) is 4. The molecule has 0 aliphatic carbocycles. The maximum absolute atomic E-state index is 8.71. The molecule has 0 heterocycles. The Morgan fingerprint density at radius 2 is 1.44 bits per heavy atom. The second-order valence-corrected chi connectivity index (χ2v) is 2.38. The Bertz CT molecular complexity index is 83.4. The minimum absolute atomic E-state index is 0.384. The van der Waals surface area contributed by atoms with E-state index in [9.17, 15) is 0 Å². The van der Waals surface area contributed by atoms with Crippen LogP contribution in [0.1, 0.15) is 13.8 Å². The van der Waals surface area contributed by atoms with Gasteiger partial charge in [-0.2, -0.15) is 0 Å². The van der Waals surface area contributed by atoms with Crippen molar-refractivity contribution in [2.75, 3.05) is 0 Å². The van der Waals surface area contributed by atoms with Crippen LogP contribution < -0.4 is 0 Å². The normalized spacial score (nSPS) is 16.3. The monoisotopic (exact) mass is 136 g/mol. The SMILES string of the molecule is CC(C)C(O)C(O)(O)O. The Morgan fingerprint density at radius 1 is 1.11 bits per heavy atom. The van der Waals surface area contributed by atoms with Gasteiger partial charge in [0.15, 0.2) is 0 Å². The van der Waals surface area contributed by atoms with Crippen molar-refractivity contribution in [2.24, 2.45) is 5.92 Å². The average molecular weight is 136 g/mol. The van der Waals surface area contributed by atoms with E-state index in [4.69, 9.17) is 20.4 Å². The predicted molar refractivity (Wildman–Crippen MR) is 30.2 cm³/mol. The Balaban J connectivity index is 3.88. The van der Waals surface area contributed by atoms with Gasteiger partial charge >= 0.3 is 5.97 Å². The summed E-state index contributed by atoms with van der Waals surface area (Å²) in [4.78, 5) is 0. The maximum Gasteiger partial charge on any atom is 0.303 e. The standard InChI is InChI=1S/C5H12O4/c1-3(2)4(6)5(7,8)9/h3-4,6-9H,1-2H3. The van der Waals surface area contributed by atoms with Gasteiger partial charge in [-0.05, 0) is 5.92 Å². The van der Waals surface area contributed by atoms with Crippen LogP contribution in [0.25, 0.3) is 0 Å². The molecule has 4 nitrogen and oxygen atoms in total. The molecule has 56 valence electrons. The number of rotatable bonds is 2. The van der Waals surface area contributed by atoms with Gasteiger partial charge in [0.1, 0.15) is 6.10 Å². The highest BCUT2D eigenvalue weighted by Crippen LogP contribution is 2.10. The van der Waals surface area contributed by atoms with Crippen LogP contribution in [0.2, 0.25) is 0 Å². The number of hydrogen-bond donors (Lipinski definition) is 4. The molecule has 0 aromatic heterocycles. The van der Waals surface area contributed by atoms with Gasteiger partial charge < -0.3 is 20.4 Å². The zero-order chi connectivity index (χ0) is 7.65. The molecule has 9 heavy (non-hydrogen) atoms. The largest absolute Gasteiger partial charge is 0.384 e. The van der Waals surface area contributed by atoms with Crippen molar-refractivity contribution >= 4 is 0 Å². The van der Waals surface area contributed by atoms with Crippen molar-refractivity contribution in [3.8, 4) is 0 Å². The van der Waals surface area contributed by atoms with E-state index in [2.05, 4.69) is 0 Å². The molecule has 0 bridgehead atoms. The van der Waals surface area contributed by atoms with Crippen LogP contribution in [0.15, 0.2) is 0 Å². The molecule has 1 atom stereocenters. The summed E-state index contributed by atoms with van der Waals surface area (Å²) in [7, 11) is 0. The van der Waals surface area contributed by atoms with Crippen LogP contribution >= 0.6 is 0 Å². The van der Waals surface area contributed by atoms with E-state index < -0.39 is 12.1 Å². The van der Waals surface area contributed by atoms with Crippen molar-refractivity contribution < 1.29 is 20.4 Å². The van der Waals surface area contributed by atoms with Crippen molar-refractivity contribution in [3.63, 3.8) is 0 Å². The summed E-state index contributed by atoms with van der Waals surface area (Å²) in [6, 6.07) is 0. The number of aliphatic hydroxyl groups excluding tert-OH is 1. The van der Waals surface area contributed by atoms with E-state index in [0.717, 1.165) is 0 Å². The maximum atomic E-state index is 8.71. The Labute approximate surface area is 53.4 Å². The molecule has 0 spiro atoms. The third kappa shape index (κ3) is 2.76. The highest BCUT2D eigenvalue weighted by Gasteiger charge is 2.32. The van der Waals surface area contributed by atoms with E-state index in [1.807, 2.05) is 0 Å². The highest BCUT2D eigenvalue weighted by molar-refractivity contribution is 4.65. The summed E-state index contributed by atoms with van der Waals surface area (Å²) < 4.78 is 0. The molecule has 0 aromatic rings. The van der Waals surface area contributed by atoms with Crippen LogP contribution in [0, 0.1) is 5.92 Å².